The van der Waals surface area contributed by atoms with Crippen molar-refractivity contribution in [2.75, 3.05) is 5.32 Å². The predicted octanol–water partition coefficient (Wildman–Crippen LogP) is 2.24. The molecule has 0 aliphatic carbocycles. The number of benzene rings is 1. The fourth-order valence-corrected chi connectivity index (χ4v) is 1.74. The molecule has 0 saturated carbocycles. The lowest BCUT2D eigenvalue weighted by molar-refractivity contribution is -0.116. The van der Waals surface area contributed by atoms with E-state index in [0.29, 0.717) is 12.1 Å². The third-order valence-electron chi connectivity index (χ3n) is 2.63. The van der Waals surface area contributed by atoms with Crippen LogP contribution in [0.3, 0.4) is 0 Å². The number of carboxylic acids is 1. The van der Waals surface area contributed by atoms with Gasteiger partial charge in [-0.25, -0.2) is 18.0 Å². The molecule has 0 aliphatic rings. The zero-order chi connectivity index (χ0) is 15.6. The van der Waals surface area contributed by atoms with Crippen LogP contribution in [0.2, 0.25) is 0 Å². The second-order valence-corrected chi connectivity index (χ2v) is 4.12. The van der Waals surface area contributed by atoms with Crippen molar-refractivity contribution in [3.63, 3.8) is 0 Å². The van der Waals surface area contributed by atoms with Crippen LogP contribution in [0.15, 0.2) is 30.5 Å². The van der Waals surface area contributed by atoms with Gasteiger partial charge in [0.05, 0.1) is 0 Å². The summed E-state index contributed by atoms with van der Waals surface area (Å²) in [7, 11) is 0. The zero-order valence-corrected chi connectivity index (χ0v) is 10.4. The van der Waals surface area contributed by atoms with Crippen molar-refractivity contribution in [3.8, 4) is 0 Å². The molecule has 0 saturated heterocycles. The van der Waals surface area contributed by atoms with Crippen LogP contribution in [0.5, 0.6) is 0 Å². The second-order valence-electron chi connectivity index (χ2n) is 4.12. The van der Waals surface area contributed by atoms with Crippen LogP contribution in [0, 0.1) is 17.5 Å². The van der Waals surface area contributed by atoms with E-state index >= 15 is 0 Å². The average Bonchev–Trinajstić information content (AvgIpc) is 2.82. The first-order chi connectivity index (χ1) is 9.88. The van der Waals surface area contributed by atoms with E-state index in [9.17, 15) is 22.8 Å². The molecule has 1 aromatic carbocycles. The molecule has 5 nitrogen and oxygen atoms in total. The molecule has 0 radical (unpaired) electrons. The largest absolute Gasteiger partial charge is 0.477 e. The highest BCUT2D eigenvalue weighted by Crippen LogP contribution is 2.20. The van der Waals surface area contributed by atoms with E-state index in [1.54, 1.807) is 0 Å². The molecule has 2 rings (SSSR count). The van der Waals surface area contributed by atoms with Gasteiger partial charge in [0.1, 0.15) is 23.7 Å². The van der Waals surface area contributed by atoms with Gasteiger partial charge in [-0.2, -0.15) is 0 Å². The number of aromatic nitrogens is 1. The molecule has 0 unspecified atom stereocenters. The van der Waals surface area contributed by atoms with Crippen molar-refractivity contribution in [2.45, 2.75) is 6.54 Å². The Kier molecular flexibility index (Phi) is 3.97. The van der Waals surface area contributed by atoms with E-state index < -0.39 is 41.6 Å². The zero-order valence-electron chi connectivity index (χ0n) is 10.4. The summed E-state index contributed by atoms with van der Waals surface area (Å²) in [6.45, 7) is -0.453. The Hall–Kier alpha value is -2.77. The van der Waals surface area contributed by atoms with Crippen LogP contribution < -0.4 is 5.32 Å². The maximum Gasteiger partial charge on any atom is 0.352 e. The number of halogens is 3. The summed E-state index contributed by atoms with van der Waals surface area (Å²) in [6.07, 6.45) is 1.33. The number of carboxylic acid groups (broad SMARTS) is 1. The Morgan fingerprint density at radius 2 is 1.81 bits per heavy atom. The van der Waals surface area contributed by atoms with E-state index in [4.69, 9.17) is 5.11 Å². The van der Waals surface area contributed by atoms with Gasteiger partial charge in [0, 0.05) is 18.3 Å². The summed E-state index contributed by atoms with van der Waals surface area (Å²) in [5.74, 6) is -5.72. The third-order valence-corrected chi connectivity index (χ3v) is 2.63. The number of rotatable bonds is 4. The molecule has 1 amide bonds. The van der Waals surface area contributed by atoms with Gasteiger partial charge in [0.15, 0.2) is 11.6 Å². The predicted molar refractivity (Wildman–Crippen MR) is 66.3 cm³/mol. The van der Waals surface area contributed by atoms with Gasteiger partial charge in [0.2, 0.25) is 5.91 Å². The van der Waals surface area contributed by atoms with Crippen molar-refractivity contribution in [1.29, 1.82) is 0 Å². The van der Waals surface area contributed by atoms with Crippen LogP contribution in [0.25, 0.3) is 0 Å². The van der Waals surface area contributed by atoms with Gasteiger partial charge >= 0.3 is 5.97 Å². The maximum absolute atomic E-state index is 13.4. The smallest absolute Gasteiger partial charge is 0.352 e. The normalized spacial score (nSPS) is 10.4. The van der Waals surface area contributed by atoms with Gasteiger partial charge in [0.25, 0.3) is 0 Å². The van der Waals surface area contributed by atoms with Gasteiger partial charge in [-0.1, -0.05) is 0 Å². The summed E-state index contributed by atoms with van der Waals surface area (Å²) < 4.78 is 40.5. The van der Waals surface area contributed by atoms with Crippen molar-refractivity contribution in [3.05, 3.63) is 53.6 Å². The average molecular weight is 298 g/mol. The topological polar surface area (TPSA) is 71.3 Å². The molecule has 1 aromatic heterocycles. The molecule has 2 N–H and O–H groups in total. The van der Waals surface area contributed by atoms with E-state index in [2.05, 4.69) is 0 Å². The molecule has 110 valence electrons. The first-order valence-electron chi connectivity index (χ1n) is 5.71. The van der Waals surface area contributed by atoms with E-state index in [1.165, 1.54) is 18.3 Å². The van der Waals surface area contributed by atoms with Crippen LogP contribution >= 0.6 is 0 Å². The number of hydrogen-bond acceptors (Lipinski definition) is 2. The minimum Gasteiger partial charge on any atom is -0.477 e. The number of hydrogen-bond donors (Lipinski definition) is 2. The van der Waals surface area contributed by atoms with E-state index in [0.717, 1.165) is 4.57 Å². The van der Waals surface area contributed by atoms with Crippen LogP contribution in [0.1, 0.15) is 10.5 Å². The Morgan fingerprint density at radius 3 is 2.38 bits per heavy atom. The summed E-state index contributed by atoms with van der Waals surface area (Å²) in [5, 5.41) is 10.8. The Balaban J connectivity index is 2.16. The van der Waals surface area contributed by atoms with Gasteiger partial charge in [-0.3, -0.25) is 4.79 Å². The minimum atomic E-state index is -1.26. The first kappa shape index (κ1) is 14.6. The highest BCUT2D eigenvalue weighted by Gasteiger charge is 2.16. The maximum atomic E-state index is 13.4. The molecule has 1 heterocycles. The van der Waals surface area contributed by atoms with Crippen molar-refractivity contribution >= 4 is 17.6 Å². The van der Waals surface area contributed by atoms with Crippen molar-refractivity contribution in [1.82, 2.24) is 4.57 Å². The number of carbonyl (C=O) groups excluding carboxylic acids is 1. The summed E-state index contributed by atoms with van der Waals surface area (Å²) >= 11 is 0. The lowest BCUT2D eigenvalue weighted by Gasteiger charge is -2.09. The van der Waals surface area contributed by atoms with Crippen LogP contribution in [-0.4, -0.2) is 21.6 Å². The Morgan fingerprint density at radius 1 is 1.19 bits per heavy atom. The number of carbonyl (C=O) groups is 2. The summed E-state index contributed by atoms with van der Waals surface area (Å²) in [4.78, 5) is 22.5. The lowest BCUT2D eigenvalue weighted by atomic mass is 10.2. The lowest BCUT2D eigenvalue weighted by Crippen LogP contribution is -2.22. The van der Waals surface area contributed by atoms with Gasteiger partial charge in [-0.05, 0) is 12.1 Å². The fraction of sp³-hybridized carbons (Fsp3) is 0.0769. The van der Waals surface area contributed by atoms with Gasteiger partial charge in [-0.15, -0.1) is 0 Å². The summed E-state index contributed by atoms with van der Waals surface area (Å²) in [5.41, 5.74) is -0.935. The van der Waals surface area contributed by atoms with E-state index in [-0.39, 0.29) is 5.69 Å². The molecule has 0 aliphatic heterocycles. The molecule has 0 bridgehead atoms. The van der Waals surface area contributed by atoms with Crippen LogP contribution in [0.4, 0.5) is 18.9 Å². The molecular weight excluding hydrogens is 289 g/mol. The molecule has 2 aromatic rings. The number of amides is 1. The van der Waals surface area contributed by atoms with Crippen molar-refractivity contribution in [2.24, 2.45) is 0 Å². The van der Waals surface area contributed by atoms with Crippen LogP contribution in [-0.2, 0) is 11.3 Å². The molecular formula is C13H9F3N2O3. The quantitative estimate of drug-likeness (QED) is 0.909. The number of nitrogens with one attached hydrogen (secondary N) is 1. The monoisotopic (exact) mass is 298 g/mol. The number of nitrogens with zero attached hydrogens (tertiary/aromatic N) is 1. The fourth-order valence-electron chi connectivity index (χ4n) is 1.74. The SMILES string of the molecule is O=C(Cn1cccc1C(=O)O)Nc1c(F)cc(F)cc1F. The highest BCUT2D eigenvalue weighted by molar-refractivity contribution is 5.92. The number of aromatic carboxylic acids is 1. The summed E-state index contributed by atoms with van der Waals surface area (Å²) in [6, 6.07) is 3.54. The number of anilines is 1. The van der Waals surface area contributed by atoms with Gasteiger partial charge < -0.3 is 15.0 Å². The highest BCUT2D eigenvalue weighted by atomic mass is 19.1. The molecule has 21 heavy (non-hydrogen) atoms. The third kappa shape index (κ3) is 3.22. The van der Waals surface area contributed by atoms with E-state index in [1.807, 2.05) is 5.32 Å². The Labute approximate surface area is 116 Å². The Bertz CT molecular complexity index is 689. The molecule has 8 heteroatoms. The molecule has 0 fully saturated rings. The molecule has 0 spiro atoms. The first-order valence-corrected chi connectivity index (χ1v) is 5.71. The molecule has 0 atom stereocenters. The second kappa shape index (κ2) is 5.70. The van der Waals surface area contributed by atoms with Crippen molar-refractivity contribution < 1.29 is 27.9 Å². The minimum absolute atomic E-state index is 0.148. The standard InChI is InChI=1S/C13H9F3N2O3/c14-7-4-8(15)12(9(16)5-7)17-11(19)6-18-3-1-2-10(18)13(20)21/h1-5H,6H2,(H,17,19)(H,20,21).